The zero-order chi connectivity index (χ0) is 15.5. The SMILES string of the molecule is CCOc1c(Cl)cc(CN2CCO[C@H]3CNC[C@H]32)cc1OC. The highest BCUT2D eigenvalue weighted by atomic mass is 35.5. The molecule has 1 aromatic carbocycles. The van der Waals surface area contributed by atoms with Gasteiger partial charge in [0, 0.05) is 32.2 Å². The highest BCUT2D eigenvalue weighted by Gasteiger charge is 2.35. The summed E-state index contributed by atoms with van der Waals surface area (Å²) >= 11 is 6.36. The minimum Gasteiger partial charge on any atom is -0.493 e. The van der Waals surface area contributed by atoms with E-state index in [1.54, 1.807) is 7.11 Å². The first-order valence-corrected chi connectivity index (χ1v) is 8.16. The quantitative estimate of drug-likeness (QED) is 0.895. The Labute approximate surface area is 136 Å². The summed E-state index contributed by atoms with van der Waals surface area (Å²) in [6, 6.07) is 4.43. The highest BCUT2D eigenvalue weighted by Crippen LogP contribution is 2.37. The van der Waals surface area contributed by atoms with E-state index in [4.69, 9.17) is 25.8 Å². The fourth-order valence-corrected chi connectivity index (χ4v) is 3.53. The van der Waals surface area contributed by atoms with Gasteiger partial charge in [-0.15, -0.1) is 0 Å². The van der Waals surface area contributed by atoms with Gasteiger partial charge >= 0.3 is 0 Å². The Morgan fingerprint density at radius 3 is 3.05 bits per heavy atom. The molecule has 22 heavy (non-hydrogen) atoms. The average molecular weight is 327 g/mol. The van der Waals surface area contributed by atoms with Crippen molar-refractivity contribution in [2.75, 3.05) is 40.0 Å². The van der Waals surface area contributed by atoms with Crippen molar-refractivity contribution in [2.24, 2.45) is 0 Å². The van der Waals surface area contributed by atoms with E-state index in [2.05, 4.69) is 10.2 Å². The molecule has 0 aliphatic carbocycles. The summed E-state index contributed by atoms with van der Waals surface area (Å²) in [5, 5.41) is 4.00. The Morgan fingerprint density at radius 1 is 1.41 bits per heavy atom. The molecular weight excluding hydrogens is 304 g/mol. The van der Waals surface area contributed by atoms with Gasteiger partial charge < -0.3 is 19.5 Å². The molecule has 5 nitrogen and oxygen atoms in total. The topological polar surface area (TPSA) is 43.0 Å². The van der Waals surface area contributed by atoms with Gasteiger partial charge in [0.15, 0.2) is 11.5 Å². The number of methoxy groups -OCH3 is 1. The first kappa shape index (κ1) is 15.9. The Hall–Kier alpha value is -1.01. The van der Waals surface area contributed by atoms with E-state index in [-0.39, 0.29) is 0 Å². The minimum absolute atomic E-state index is 0.300. The zero-order valence-corrected chi connectivity index (χ0v) is 13.9. The van der Waals surface area contributed by atoms with Crippen LogP contribution in [0.5, 0.6) is 11.5 Å². The predicted molar refractivity (Wildman–Crippen MR) is 86.0 cm³/mol. The molecule has 2 heterocycles. The van der Waals surface area contributed by atoms with Gasteiger partial charge in [0.1, 0.15) is 0 Å². The molecule has 0 unspecified atom stereocenters. The third-order valence-electron chi connectivity index (χ3n) is 4.27. The Kier molecular flexibility index (Phi) is 5.08. The number of nitrogens with one attached hydrogen (secondary N) is 1. The first-order valence-electron chi connectivity index (χ1n) is 7.78. The number of benzene rings is 1. The summed E-state index contributed by atoms with van der Waals surface area (Å²) in [4.78, 5) is 2.46. The maximum atomic E-state index is 6.36. The maximum Gasteiger partial charge on any atom is 0.179 e. The summed E-state index contributed by atoms with van der Waals surface area (Å²) in [7, 11) is 1.64. The molecule has 0 aromatic heterocycles. The van der Waals surface area contributed by atoms with Gasteiger partial charge in [0.05, 0.1) is 31.5 Å². The zero-order valence-electron chi connectivity index (χ0n) is 13.1. The van der Waals surface area contributed by atoms with E-state index in [1.807, 2.05) is 19.1 Å². The van der Waals surface area contributed by atoms with E-state index in [0.29, 0.717) is 35.3 Å². The van der Waals surface area contributed by atoms with Crippen LogP contribution in [0.1, 0.15) is 12.5 Å². The van der Waals surface area contributed by atoms with Gasteiger partial charge in [-0.05, 0) is 24.6 Å². The lowest BCUT2D eigenvalue weighted by Crippen LogP contribution is -2.50. The second-order valence-corrected chi connectivity index (χ2v) is 6.05. The number of ether oxygens (including phenoxy) is 3. The van der Waals surface area contributed by atoms with Crippen LogP contribution in [0.4, 0.5) is 0 Å². The van der Waals surface area contributed by atoms with Crippen molar-refractivity contribution in [3.63, 3.8) is 0 Å². The van der Waals surface area contributed by atoms with Crippen LogP contribution in [0.3, 0.4) is 0 Å². The van der Waals surface area contributed by atoms with Crippen molar-refractivity contribution in [2.45, 2.75) is 25.6 Å². The predicted octanol–water partition coefficient (Wildman–Crippen LogP) is 1.92. The largest absolute Gasteiger partial charge is 0.493 e. The molecule has 0 saturated carbocycles. The molecule has 0 amide bonds. The van der Waals surface area contributed by atoms with E-state index >= 15 is 0 Å². The summed E-state index contributed by atoms with van der Waals surface area (Å²) in [6.45, 7) is 6.98. The molecule has 0 spiro atoms. The summed E-state index contributed by atoms with van der Waals surface area (Å²) in [5.41, 5.74) is 1.14. The molecule has 2 fully saturated rings. The molecule has 6 heteroatoms. The number of morpholine rings is 1. The molecule has 0 radical (unpaired) electrons. The van der Waals surface area contributed by atoms with Gasteiger partial charge in [-0.1, -0.05) is 11.6 Å². The molecule has 1 aromatic rings. The fraction of sp³-hybridized carbons (Fsp3) is 0.625. The van der Waals surface area contributed by atoms with Crippen LogP contribution in [-0.2, 0) is 11.3 Å². The van der Waals surface area contributed by atoms with Crippen molar-refractivity contribution in [1.82, 2.24) is 10.2 Å². The van der Waals surface area contributed by atoms with E-state index < -0.39 is 0 Å². The first-order chi connectivity index (χ1) is 10.7. The Balaban J connectivity index is 1.78. The van der Waals surface area contributed by atoms with Gasteiger partial charge in [-0.3, -0.25) is 4.90 Å². The van der Waals surface area contributed by atoms with Crippen LogP contribution >= 0.6 is 11.6 Å². The molecule has 3 rings (SSSR count). The van der Waals surface area contributed by atoms with E-state index in [9.17, 15) is 0 Å². The Bertz CT molecular complexity index is 526. The summed E-state index contributed by atoms with van der Waals surface area (Å²) in [5.74, 6) is 1.32. The maximum absolute atomic E-state index is 6.36. The Morgan fingerprint density at radius 2 is 2.27 bits per heavy atom. The molecule has 2 atom stereocenters. The monoisotopic (exact) mass is 326 g/mol. The summed E-state index contributed by atoms with van der Waals surface area (Å²) < 4.78 is 16.8. The van der Waals surface area contributed by atoms with Crippen LogP contribution in [0.2, 0.25) is 5.02 Å². The second kappa shape index (κ2) is 7.04. The van der Waals surface area contributed by atoms with Crippen LogP contribution in [-0.4, -0.2) is 57.0 Å². The number of halogens is 1. The lowest BCUT2D eigenvalue weighted by Gasteiger charge is -2.37. The molecule has 2 aliphatic heterocycles. The standard InChI is InChI=1S/C16H23ClN2O3/c1-3-21-16-12(17)6-11(7-14(16)20-2)10-19-4-5-22-15-9-18-8-13(15)19/h6-7,13,15,18H,3-5,8-10H2,1-2H3/t13-,15+/m1/s1. The number of nitrogens with zero attached hydrogens (tertiary/aromatic N) is 1. The molecule has 1 N–H and O–H groups in total. The van der Waals surface area contributed by atoms with Gasteiger partial charge in [-0.2, -0.15) is 0 Å². The third-order valence-corrected chi connectivity index (χ3v) is 4.55. The molecule has 0 bridgehead atoms. The van der Waals surface area contributed by atoms with Crippen molar-refractivity contribution in [3.05, 3.63) is 22.7 Å². The number of fused-ring (bicyclic) bond motifs is 1. The average Bonchev–Trinajstić information content (AvgIpc) is 2.99. The molecule has 2 saturated heterocycles. The van der Waals surface area contributed by atoms with Crippen molar-refractivity contribution in [3.8, 4) is 11.5 Å². The van der Waals surface area contributed by atoms with Crippen LogP contribution < -0.4 is 14.8 Å². The minimum atomic E-state index is 0.300. The number of hydrogen-bond donors (Lipinski definition) is 1. The molecule has 2 aliphatic rings. The number of hydrogen-bond acceptors (Lipinski definition) is 5. The number of rotatable bonds is 5. The third kappa shape index (κ3) is 3.18. The van der Waals surface area contributed by atoms with Crippen molar-refractivity contribution < 1.29 is 14.2 Å². The van der Waals surface area contributed by atoms with Crippen LogP contribution in [0.25, 0.3) is 0 Å². The summed E-state index contributed by atoms with van der Waals surface area (Å²) in [6.07, 6.45) is 0.300. The second-order valence-electron chi connectivity index (χ2n) is 5.65. The smallest absolute Gasteiger partial charge is 0.179 e. The normalized spacial score (nSPS) is 25.0. The van der Waals surface area contributed by atoms with E-state index in [1.165, 1.54) is 0 Å². The van der Waals surface area contributed by atoms with Crippen molar-refractivity contribution >= 4 is 11.6 Å². The van der Waals surface area contributed by atoms with Gasteiger partial charge in [0.2, 0.25) is 0 Å². The van der Waals surface area contributed by atoms with Crippen molar-refractivity contribution in [1.29, 1.82) is 0 Å². The molecule has 122 valence electrons. The van der Waals surface area contributed by atoms with Crippen LogP contribution in [0.15, 0.2) is 12.1 Å². The van der Waals surface area contributed by atoms with E-state index in [0.717, 1.165) is 38.3 Å². The lowest BCUT2D eigenvalue weighted by atomic mass is 10.1. The van der Waals surface area contributed by atoms with Gasteiger partial charge in [0.25, 0.3) is 0 Å². The fourth-order valence-electron chi connectivity index (χ4n) is 3.24. The molecular formula is C16H23ClN2O3. The van der Waals surface area contributed by atoms with Gasteiger partial charge in [-0.25, -0.2) is 0 Å². The lowest BCUT2D eigenvalue weighted by molar-refractivity contribution is -0.0500. The van der Waals surface area contributed by atoms with Crippen LogP contribution in [0, 0.1) is 0 Å². The highest BCUT2D eigenvalue weighted by molar-refractivity contribution is 6.32.